The molecule has 25 heavy (non-hydrogen) atoms. The lowest BCUT2D eigenvalue weighted by molar-refractivity contribution is 0.476. The monoisotopic (exact) mass is 355 g/mol. The number of anilines is 1. The van der Waals surface area contributed by atoms with Gasteiger partial charge < -0.3 is 10.1 Å². The SMILES string of the molecule is CS(=O)(=O)Nc1ccc(-c2[nH]c3cc(O)ccc3c2CCC#N)cc1. The van der Waals surface area contributed by atoms with Crippen LogP contribution in [0.3, 0.4) is 0 Å². The van der Waals surface area contributed by atoms with Crippen LogP contribution in [-0.4, -0.2) is 24.8 Å². The second kappa shape index (κ2) is 6.49. The van der Waals surface area contributed by atoms with Crippen molar-refractivity contribution in [3.05, 3.63) is 48.0 Å². The number of aromatic amines is 1. The van der Waals surface area contributed by atoms with Crippen molar-refractivity contribution in [2.24, 2.45) is 0 Å². The standard InChI is InChI=1S/C18H17N3O3S/c1-25(23,24)21-13-6-4-12(5-7-13)18-16(3-2-10-19)15-9-8-14(22)11-17(15)20-18/h4-9,11,20-22H,2-3H2,1H3. The van der Waals surface area contributed by atoms with Crippen LogP contribution >= 0.6 is 0 Å². The van der Waals surface area contributed by atoms with Crippen LogP contribution in [0.5, 0.6) is 5.75 Å². The van der Waals surface area contributed by atoms with Gasteiger partial charge in [0, 0.05) is 34.8 Å². The summed E-state index contributed by atoms with van der Waals surface area (Å²) >= 11 is 0. The molecule has 1 heterocycles. The molecule has 3 aromatic rings. The molecule has 0 fully saturated rings. The molecule has 2 aromatic carbocycles. The predicted octanol–water partition coefficient (Wildman–Crippen LogP) is 3.37. The van der Waals surface area contributed by atoms with Gasteiger partial charge in [-0.25, -0.2) is 8.42 Å². The zero-order valence-electron chi connectivity index (χ0n) is 13.6. The van der Waals surface area contributed by atoms with Gasteiger partial charge in [-0.2, -0.15) is 5.26 Å². The number of H-pyrrole nitrogens is 1. The summed E-state index contributed by atoms with van der Waals surface area (Å²) in [7, 11) is -3.32. The summed E-state index contributed by atoms with van der Waals surface area (Å²) in [4.78, 5) is 3.29. The first-order valence-electron chi connectivity index (χ1n) is 7.66. The molecule has 0 saturated carbocycles. The Kier molecular flexibility index (Phi) is 4.38. The Labute approximate surface area is 145 Å². The highest BCUT2D eigenvalue weighted by atomic mass is 32.2. The van der Waals surface area contributed by atoms with Crippen LogP contribution in [0.2, 0.25) is 0 Å². The number of nitriles is 1. The van der Waals surface area contributed by atoms with E-state index in [2.05, 4.69) is 15.8 Å². The van der Waals surface area contributed by atoms with Crippen molar-refractivity contribution in [2.75, 3.05) is 11.0 Å². The summed E-state index contributed by atoms with van der Waals surface area (Å²) in [6.07, 6.45) is 2.07. The van der Waals surface area contributed by atoms with Crippen molar-refractivity contribution in [3.8, 4) is 23.1 Å². The highest BCUT2D eigenvalue weighted by Gasteiger charge is 2.14. The molecule has 6 nitrogen and oxygen atoms in total. The van der Waals surface area contributed by atoms with Crippen LogP contribution < -0.4 is 4.72 Å². The predicted molar refractivity (Wildman–Crippen MR) is 97.8 cm³/mol. The summed E-state index contributed by atoms with van der Waals surface area (Å²) in [5.74, 6) is 0.167. The number of hydrogen-bond acceptors (Lipinski definition) is 4. The number of phenols is 1. The number of fused-ring (bicyclic) bond motifs is 1. The van der Waals surface area contributed by atoms with Gasteiger partial charge in [0.25, 0.3) is 0 Å². The highest BCUT2D eigenvalue weighted by Crippen LogP contribution is 2.33. The number of aromatic nitrogens is 1. The Morgan fingerprint density at radius 1 is 1.20 bits per heavy atom. The third-order valence-corrected chi connectivity index (χ3v) is 4.46. The van der Waals surface area contributed by atoms with E-state index in [4.69, 9.17) is 5.26 Å². The molecular formula is C18H17N3O3S. The van der Waals surface area contributed by atoms with Crippen molar-refractivity contribution in [3.63, 3.8) is 0 Å². The van der Waals surface area contributed by atoms with Gasteiger partial charge in [-0.1, -0.05) is 12.1 Å². The molecule has 0 aliphatic carbocycles. The summed E-state index contributed by atoms with van der Waals surface area (Å²) in [5.41, 5.74) is 4.02. The molecular weight excluding hydrogens is 338 g/mol. The van der Waals surface area contributed by atoms with Crippen molar-refractivity contribution < 1.29 is 13.5 Å². The van der Waals surface area contributed by atoms with Crippen LogP contribution in [0.25, 0.3) is 22.2 Å². The van der Waals surface area contributed by atoms with Gasteiger partial charge in [-0.15, -0.1) is 0 Å². The van der Waals surface area contributed by atoms with Crippen LogP contribution in [0.1, 0.15) is 12.0 Å². The first kappa shape index (κ1) is 16.9. The molecule has 3 rings (SSSR count). The average Bonchev–Trinajstić information content (AvgIpc) is 2.89. The third-order valence-electron chi connectivity index (χ3n) is 3.85. The molecule has 1 aromatic heterocycles. The van der Waals surface area contributed by atoms with E-state index in [9.17, 15) is 13.5 Å². The number of aromatic hydroxyl groups is 1. The average molecular weight is 355 g/mol. The zero-order chi connectivity index (χ0) is 18.0. The van der Waals surface area contributed by atoms with Gasteiger partial charge in [0.1, 0.15) is 5.75 Å². The maximum Gasteiger partial charge on any atom is 0.229 e. The number of nitrogens with one attached hydrogen (secondary N) is 2. The summed E-state index contributed by atoms with van der Waals surface area (Å²) in [6.45, 7) is 0. The summed E-state index contributed by atoms with van der Waals surface area (Å²) < 4.78 is 25.0. The van der Waals surface area contributed by atoms with Crippen molar-refractivity contribution in [1.82, 2.24) is 4.98 Å². The highest BCUT2D eigenvalue weighted by molar-refractivity contribution is 7.92. The maximum atomic E-state index is 11.3. The fourth-order valence-electron chi connectivity index (χ4n) is 2.85. The van der Waals surface area contributed by atoms with Crippen LogP contribution in [0.4, 0.5) is 5.69 Å². The lowest BCUT2D eigenvalue weighted by atomic mass is 10.0. The zero-order valence-corrected chi connectivity index (χ0v) is 14.4. The Balaban J connectivity index is 2.06. The number of phenolic OH excluding ortho intramolecular Hbond substituents is 1. The van der Waals surface area contributed by atoms with Gasteiger partial charge >= 0.3 is 0 Å². The second-order valence-corrected chi connectivity index (χ2v) is 7.57. The van der Waals surface area contributed by atoms with E-state index < -0.39 is 10.0 Å². The lowest BCUT2D eigenvalue weighted by Crippen LogP contribution is -2.09. The molecule has 0 radical (unpaired) electrons. The van der Waals surface area contributed by atoms with Crippen LogP contribution in [-0.2, 0) is 16.4 Å². The molecule has 0 aliphatic rings. The summed E-state index contributed by atoms with van der Waals surface area (Å²) in [5, 5.41) is 19.6. The van der Waals surface area contributed by atoms with Gasteiger partial charge in [-0.05, 0) is 41.8 Å². The molecule has 0 atom stereocenters. The van der Waals surface area contributed by atoms with Crippen LogP contribution in [0, 0.1) is 11.3 Å². The molecule has 128 valence electrons. The van der Waals surface area contributed by atoms with E-state index >= 15 is 0 Å². The van der Waals surface area contributed by atoms with E-state index in [1.54, 1.807) is 24.3 Å². The van der Waals surface area contributed by atoms with Crippen molar-refractivity contribution in [2.45, 2.75) is 12.8 Å². The Bertz CT molecular complexity index is 1060. The van der Waals surface area contributed by atoms with E-state index in [0.717, 1.165) is 34.0 Å². The number of rotatable bonds is 5. The largest absolute Gasteiger partial charge is 0.508 e. The van der Waals surface area contributed by atoms with Crippen LogP contribution in [0.15, 0.2) is 42.5 Å². The first-order valence-corrected chi connectivity index (χ1v) is 9.55. The molecule has 0 saturated heterocycles. The minimum absolute atomic E-state index is 0.167. The van der Waals surface area contributed by atoms with Gasteiger partial charge in [0.15, 0.2) is 0 Å². The van der Waals surface area contributed by atoms with E-state index in [-0.39, 0.29) is 5.75 Å². The fraction of sp³-hybridized carbons (Fsp3) is 0.167. The number of aryl methyl sites for hydroxylation is 1. The quantitative estimate of drug-likeness (QED) is 0.652. The smallest absolute Gasteiger partial charge is 0.229 e. The Morgan fingerprint density at radius 2 is 1.92 bits per heavy atom. The van der Waals surface area contributed by atoms with E-state index in [1.165, 1.54) is 0 Å². The number of benzene rings is 2. The minimum Gasteiger partial charge on any atom is -0.508 e. The molecule has 0 spiro atoms. The Hall–Kier alpha value is -2.98. The normalized spacial score (nSPS) is 11.4. The molecule has 0 aliphatic heterocycles. The minimum atomic E-state index is -3.32. The molecule has 0 unspecified atom stereocenters. The maximum absolute atomic E-state index is 11.3. The van der Waals surface area contributed by atoms with Gasteiger partial charge in [-0.3, -0.25) is 4.72 Å². The van der Waals surface area contributed by atoms with Crippen molar-refractivity contribution in [1.29, 1.82) is 5.26 Å². The van der Waals surface area contributed by atoms with E-state index in [0.29, 0.717) is 18.5 Å². The van der Waals surface area contributed by atoms with Gasteiger partial charge in [0.2, 0.25) is 10.0 Å². The molecule has 0 bridgehead atoms. The molecule has 3 N–H and O–H groups in total. The third kappa shape index (κ3) is 3.75. The lowest BCUT2D eigenvalue weighted by Gasteiger charge is -2.07. The fourth-order valence-corrected chi connectivity index (χ4v) is 3.41. The van der Waals surface area contributed by atoms with Crippen molar-refractivity contribution >= 4 is 26.6 Å². The summed E-state index contributed by atoms with van der Waals surface area (Å²) in [6, 6.07) is 14.3. The number of sulfonamides is 1. The van der Waals surface area contributed by atoms with E-state index in [1.807, 2.05) is 18.2 Å². The molecule has 0 amide bonds. The number of nitrogens with zero attached hydrogens (tertiary/aromatic N) is 1. The number of hydrogen-bond donors (Lipinski definition) is 3. The van der Waals surface area contributed by atoms with Gasteiger partial charge in [0.05, 0.1) is 12.3 Å². The first-order chi connectivity index (χ1) is 11.9. The second-order valence-electron chi connectivity index (χ2n) is 5.82. The topological polar surface area (TPSA) is 106 Å². The molecule has 7 heteroatoms. The Morgan fingerprint density at radius 3 is 2.56 bits per heavy atom.